The van der Waals surface area contributed by atoms with Crippen LogP contribution in [0.4, 0.5) is 0 Å². The first kappa shape index (κ1) is 43.2. The van der Waals surface area contributed by atoms with E-state index in [1.807, 2.05) is 0 Å². The van der Waals surface area contributed by atoms with Crippen LogP contribution in [0.25, 0.3) is 0 Å². The monoisotopic (exact) mass is 668 g/mol. The van der Waals surface area contributed by atoms with Gasteiger partial charge in [0.1, 0.15) is 12.4 Å². The molecule has 0 saturated heterocycles. The predicted molar refractivity (Wildman–Crippen MR) is 185 cm³/mol. The molecule has 0 aromatic heterocycles. The third-order valence-corrected chi connectivity index (χ3v) is 9.29. The standard InChI is InChI=1S/C38H68O9/c1-3-5-7-8-9-10-11-12-13-14-15-17-22-37(44)46-29-32(28-39)47-38(45)23-19-18-21-31(41)26-34-33(35(42)27-36(34)43)25-24-30(40)20-16-6-4-2/h24-25,30,32-36,39-40,42-43H,3-23,26-29H2,1-2H3/b25-24+/t30-,32-,33+,34+,35+,36-/m0/s1. The van der Waals surface area contributed by atoms with Crippen molar-refractivity contribution >= 4 is 17.7 Å². The number of aliphatic hydroxyl groups is 4. The summed E-state index contributed by atoms with van der Waals surface area (Å²) >= 11 is 0. The lowest BCUT2D eigenvalue weighted by Crippen LogP contribution is -2.28. The molecular formula is C38H68O9. The van der Waals surface area contributed by atoms with Crippen molar-refractivity contribution in [2.45, 2.75) is 186 Å². The summed E-state index contributed by atoms with van der Waals surface area (Å²) in [5, 5.41) is 40.6. The molecule has 0 aliphatic heterocycles. The van der Waals surface area contributed by atoms with Crippen LogP contribution in [0.5, 0.6) is 0 Å². The Morgan fingerprint density at radius 2 is 1.26 bits per heavy atom. The first-order valence-corrected chi connectivity index (χ1v) is 18.9. The van der Waals surface area contributed by atoms with Crippen LogP contribution in [0.2, 0.25) is 0 Å². The average molecular weight is 669 g/mol. The molecule has 47 heavy (non-hydrogen) atoms. The molecule has 274 valence electrons. The number of carbonyl (C=O) groups excluding carboxylic acids is 3. The summed E-state index contributed by atoms with van der Waals surface area (Å²) in [6.07, 6.45) is 20.4. The minimum atomic E-state index is -0.916. The number of unbranched alkanes of at least 4 members (excludes halogenated alkanes) is 14. The molecule has 0 spiro atoms. The first-order chi connectivity index (χ1) is 22.7. The van der Waals surface area contributed by atoms with Crippen molar-refractivity contribution in [3.05, 3.63) is 12.2 Å². The lowest BCUT2D eigenvalue weighted by atomic mass is 9.87. The minimum Gasteiger partial charge on any atom is -0.462 e. The van der Waals surface area contributed by atoms with Gasteiger partial charge in [0.15, 0.2) is 6.10 Å². The van der Waals surface area contributed by atoms with Crippen LogP contribution in [0.1, 0.15) is 162 Å². The third kappa shape index (κ3) is 21.7. The fraction of sp³-hybridized carbons (Fsp3) is 0.868. The number of ether oxygens (including phenoxy) is 2. The van der Waals surface area contributed by atoms with Gasteiger partial charge in [0.25, 0.3) is 0 Å². The lowest BCUT2D eigenvalue weighted by Gasteiger charge is -2.20. The van der Waals surface area contributed by atoms with Crippen molar-refractivity contribution in [3.8, 4) is 0 Å². The molecular weight excluding hydrogens is 600 g/mol. The van der Waals surface area contributed by atoms with E-state index < -0.39 is 42.9 Å². The number of hydrogen-bond acceptors (Lipinski definition) is 9. The van der Waals surface area contributed by atoms with Crippen LogP contribution in [-0.2, 0) is 23.9 Å². The Hall–Kier alpha value is -1.81. The number of ketones is 1. The van der Waals surface area contributed by atoms with E-state index in [2.05, 4.69) is 13.8 Å². The van der Waals surface area contributed by atoms with Gasteiger partial charge in [-0.15, -0.1) is 0 Å². The van der Waals surface area contributed by atoms with Crippen LogP contribution >= 0.6 is 0 Å². The predicted octanol–water partition coefficient (Wildman–Crippen LogP) is 6.90. The second-order valence-corrected chi connectivity index (χ2v) is 13.6. The molecule has 1 aliphatic rings. The fourth-order valence-corrected chi connectivity index (χ4v) is 6.31. The smallest absolute Gasteiger partial charge is 0.306 e. The van der Waals surface area contributed by atoms with Crippen molar-refractivity contribution in [2.24, 2.45) is 11.8 Å². The topological polar surface area (TPSA) is 151 Å². The second-order valence-electron chi connectivity index (χ2n) is 13.6. The van der Waals surface area contributed by atoms with Crippen LogP contribution in [0.3, 0.4) is 0 Å². The highest BCUT2D eigenvalue weighted by Crippen LogP contribution is 2.36. The Kier molecular flexibility index (Phi) is 25.8. The lowest BCUT2D eigenvalue weighted by molar-refractivity contribution is -0.161. The van der Waals surface area contributed by atoms with Gasteiger partial charge >= 0.3 is 11.9 Å². The van der Waals surface area contributed by atoms with E-state index in [-0.39, 0.29) is 50.0 Å². The van der Waals surface area contributed by atoms with E-state index in [9.17, 15) is 34.8 Å². The largest absolute Gasteiger partial charge is 0.462 e. The average Bonchev–Trinajstić information content (AvgIpc) is 3.31. The molecule has 0 radical (unpaired) electrons. The third-order valence-electron chi connectivity index (χ3n) is 9.29. The van der Waals surface area contributed by atoms with Crippen LogP contribution in [-0.4, -0.2) is 75.8 Å². The number of hydrogen-bond donors (Lipinski definition) is 4. The minimum absolute atomic E-state index is 0.0493. The van der Waals surface area contributed by atoms with Gasteiger partial charge in [0, 0.05) is 43.9 Å². The highest BCUT2D eigenvalue weighted by atomic mass is 16.6. The summed E-state index contributed by atoms with van der Waals surface area (Å²) in [7, 11) is 0. The Balaban J connectivity index is 2.18. The quantitative estimate of drug-likeness (QED) is 0.0364. The molecule has 9 heteroatoms. The van der Waals surface area contributed by atoms with E-state index >= 15 is 0 Å². The van der Waals surface area contributed by atoms with Crippen molar-refractivity contribution in [3.63, 3.8) is 0 Å². The normalized spacial score (nSPS) is 20.8. The maximum Gasteiger partial charge on any atom is 0.306 e. The Morgan fingerprint density at radius 1 is 0.723 bits per heavy atom. The van der Waals surface area contributed by atoms with Crippen LogP contribution in [0, 0.1) is 11.8 Å². The van der Waals surface area contributed by atoms with E-state index in [0.29, 0.717) is 25.7 Å². The molecule has 1 saturated carbocycles. The number of carbonyl (C=O) groups is 3. The molecule has 9 nitrogen and oxygen atoms in total. The first-order valence-electron chi connectivity index (χ1n) is 18.9. The van der Waals surface area contributed by atoms with Crippen molar-refractivity contribution < 1.29 is 44.3 Å². The SMILES string of the molecule is CCCCCCCCCCCCCCC(=O)OC[C@H](CO)OC(=O)CCCCC(=O)C[C@@H]1[C@@H](/C=C/[C@@H](O)CCCCC)[C@H](O)C[C@@H]1O. The molecule has 0 aromatic carbocycles. The highest BCUT2D eigenvalue weighted by Gasteiger charge is 2.41. The van der Waals surface area contributed by atoms with Gasteiger partial charge in [-0.05, 0) is 25.7 Å². The fourth-order valence-electron chi connectivity index (χ4n) is 6.31. The molecule has 4 N–H and O–H groups in total. The van der Waals surface area contributed by atoms with Gasteiger partial charge < -0.3 is 29.9 Å². The van der Waals surface area contributed by atoms with Gasteiger partial charge in [-0.2, -0.15) is 0 Å². The molecule has 1 aliphatic carbocycles. The number of Topliss-reactive ketones (excluding diaryl/α,β-unsaturated/α-hetero) is 1. The summed E-state index contributed by atoms with van der Waals surface area (Å²) in [5.41, 5.74) is 0. The number of rotatable bonds is 30. The summed E-state index contributed by atoms with van der Waals surface area (Å²) in [6.45, 7) is 3.70. The Bertz CT molecular complexity index is 845. The van der Waals surface area contributed by atoms with E-state index in [1.165, 1.54) is 57.8 Å². The van der Waals surface area contributed by atoms with E-state index in [1.54, 1.807) is 12.2 Å². The van der Waals surface area contributed by atoms with Crippen LogP contribution in [0.15, 0.2) is 12.2 Å². The van der Waals surface area contributed by atoms with Crippen molar-refractivity contribution in [1.82, 2.24) is 0 Å². The molecule has 0 bridgehead atoms. The summed E-state index contributed by atoms with van der Waals surface area (Å²) in [6, 6.07) is 0. The summed E-state index contributed by atoms with van der Waals surface area (Å²) in [4.78, 5) is 37.0. The summed E-state index contributed by atoms with van der Waals surface area (Å²) in [5.74, 6) is -1.73. The Labute approximate surface area is 284 Å². The zero-order chi connectivity index (χ0) is 34.7. The molecule has 6 atom stereocenters. The molecule has 1 fully saturated rings. The second kappa shape index (κ2) is 28.1. The number of esters is 2. The van der Waals surface area contributed by atoms with E-state index in [4.69, 9.17) is 9.47 Å². The van der Waals surface area contributed by atoms with Crippen molar-refractivity contribution in [1.29, 1.82) is 0 Å². The molecule has 0 amide bonds. The van der Waals surface area contributed by atoms with Crippen LogP contribution < -0.4 is 0 Å². The van der Waals surface area contributed by atoms with Gasteiger partial charge in [-0.3, -0.25) is 14.4 Å². The van der Waals surface area contributed by atoms with Gasteiger partial charge in [0.2, 0.25) is 0 Å². The molecule has 0 aromatic rings. The van der Waals surface area contributed by atoms with Crippen molar-refractivity contribution in [2.75, 3.05) is 13.2 Å². The maximum atomic E-state index is 12.7. The number of aliphatic hydroxyl groups excluding tert-OH is 4. The Morgan fingerprint density at radius 3 is 1.87 bits per heavy atom. The zero-order valence-corrected chi connectivity index (χ0v) is 29.6. The van der Waals surface area contributed by atoms with Gasteiger partial charge in [-0.25, -0.2) is 0 Å². The van der Waals surface area contributed by atoms with E-state index in [0.717, 1.165) is 38.5 Å². The summed E-state index contributed by atoms with van der Waals surface area (Å²) < 4.78 is 10.5. The zero-order valence-electron chi connectivity index (χ0n) is 29.6. The maximum absolute atomic E-state index is 12.7. The molecule has 0 unspecified atom stereocenters. The van der Waals surface area contributed by atoms with Gasteiger partial charge in [0.05, 0.1) is 24.9 Å². The highest BCUT2D eigenvalue weighted by molar-refractivity contribution is 5.79. The van der Waals surface area contributed by atoms with Gasteiger partial charge in [-0.1, -0.05) is 116 Å². The molecule has 1 rings (SSSR count). The molecule has 0 heterocycles.